The SMILES string of the molecule is CN(C)C(=O)c1c(F)c2cnc(N3CCN(c4ccc(C#N)cc4)CC3)nc2n1C1CCCC1. The lowest BCUT2D eigenvalue weighted by Crippen LogP contribution is -2.47. The average molecular weight is 462 g/mol. The van der Waals surface area contributed by atoms with E-state index in [9.17, 15) is 4.79 Å². The number of halogens is 1. The third kappa shape index (κ3) is 3.83. The van der Waals surface area contributed by atoms with Crippen LogP contribution in [0.3, 0.4) is 0 Å². The summed E-state index contributed by atoms with van der Waals surface area (Å²) in [4.78, 5) is 28.0. The maximum Gasteiger partial charge on any atom is 0.273 e. The van der Waals surface area contributed by atoms with Crippen molar-refractivity contribution >= 4 is 28.6 Å². The largest absolute Gasteiger partial charge is 0.368 e. The zero-order valence-electron chi connectivity index (χ0n) is 19.5. The predicted octanol–water partition coefficient (Wildman–Crippen LogP) is 3.59. The molecule has 2 aromatic heterocycles. The normalized spacial score (nSPS) is 16.8. The van der Waals surface area contributed by atoms with Gasteiger partial charge in [-0.2, -0.15) is 10.2 Å². The number of amides is 1. The summed E-state index contributed by atoms with van der Waals surface area (Å²) in [5.74, 6) is -0.314. The Labute approximate surface area is 198 Å². The molecule has 3 heterocycles. The van der Waals surface area contributed by atoms with Crippen molar-refractivity contribution in [2.45, 2.75) is 31.7 Å². The second-order valence-electron chi connectivity index (χ2n) is 9.21. The van der Waals surface area contributed by atoms with Crippen LogP contribution in [-0.4, -0.2) is 65.6 Å². The van der Waals surface area contributed by atoms with E-state index < -0.39 is 5.82 Å². The van der Waals surface area contributed by atoms with Crippen LogP contribution in [0.15, 0.2) is 30.5 Å². The Morgan fingerprint density at radius 2 is 1.74 bits per heavy atom. The fourth-order valence-electron chi connectivity index (χ4n) is 5.03. The fraction of sp³-hybridized carbons (Fsp3) is 0.440. The first-order chi connectivity index (χ1) is 16.5. The van der Waals surface area contributed by atoms with Crippen LogP contribution in [0.4, 0.5) is 16.0 Å². The molecule has 1 saturated heterocycles. The Hall–Kier alpha value is -3.67. The molecule has 1 aliphatic heterocycles. The van der Waals surface area contributed by atoms with E-state index in [1.54, 1.807) is 14.1 Å². The highest BCUT2D eigenvalue weighted by atomic mass is 19.1. The lowest BCUT2D eigenvalue weighted by atomic mass is 10.2. The summed E-state index contributed by atoms with van der Waals surface area (Å²) in [6, 6.07) is 9.82. The van der Waals surface area contributed by atoms with Crippen LogP contribution in [0.2, 0.25) is 0 Å². The van der Waals surface area contributed by atoms with Gasteiger partial charge in [0, 0.05) is 58.2 Å². The molecule has 2 aliphatic rings. The van der Waals surface area contributed by atoms with E-state index in [1.165, 1.54) is 11.1 Å². The number of piperazine rings is 1. The minimum atomic E-state index is -0.530. The Balaban J connectivity index is 1.44. The number of hydrogen-bond acceptors (Lipinski definition) is 6. The minimum absolute atomic E-state index is 0.0712. The molecule has 176 valence electrons. The highest BCUT2D eigenvalue weighted by molar-refractivity contribution is 5.98. The summed E-state index contributed by atoms with van der Waals surface area (Å²) in [6.07, 6.45) is 5.49. The van der Waals surface area contributed by atoms with E-state index in [1.807, 2.05) is 28.8 Å². The maximum absolute atomic E-state index is 15.4. The number of nitrogens with zero attached hydrogens (tertiary/aromatic N) is 7. The number of hydrogen-bond donors (Lipinski definition) is 0. The van der Waals surface area contributed by atoms with Gasteiger partial charge in [-0.1, -0.05) is 12.8 Å². The quantitative estimate of drug-likeness (QED) is 0.591. The van der Waals surface area contributed by atoms with Crippen molar-refractivity contribution in [3.05, 3.63) is 47.5 Å². The van der Waals surface area contributed by atoms with Crippen LogP contribution in [0, 0.1) is 17.1 Å². The smallest absolute Gasteiger partial charge is 0.273 e. The van der Waals surface area contributed by atoms with Gasteiger partial charge in [0.1, 0.15) is 11.3 Å². The second kappa shape index (κ2) is 8.93. The van der Waals surface area contributed by atoms with E-state index in [2.05, 4.69) is 20.9 Å². The van der Waals surface area contributed by atoms with Gasteiger partial charge in [-0.15, -0.1) is 0 Å². The van der Waals surface area contributed by atoms with E-state index in [-0.39, 0.29) is 17.6 Å². The molecule has 1 aliphatic carbocycles. The molecule has 1 aromatic carbocycles. The van der Waals surface area contributed by atoms with Gasteiger partial charge in [0.05, 0.1) is 17.0 Å². The van der Waals surface area contributed by atoms with E-state index in [0.29, 0.717) is 22.5 Å². The summed E-state index contributed by atoms with van der Waals surface area (Å²) < 4.78 is 17.3. The van der Waals surface area contributed by atoms with Gasteiger partial charge >= 0.3 is 0 Å². The lowest BCUT2D eigenvalue weighted by Gasteiger charge is -2.36. The zero-order valence-corrected chi connectivity index (χ0v) is 19.5. The van der Waals surface area contributed by atoms with Gasteiger partial charge in [0.15, 0.2) is 5.82 Å². The lowest BCUT2D eigenvalue weighted by molar-refractivity contribution is 0.0810. The summed E-state index contributed by atoms with van der Waals surface area (Å²) in [5, 5.41) is 9.31. The molecule has 0 N–H and O–H groups in total. The highest BCUT2D eigenvalue weighted by Crippen LogP contribution is 2.36. The highest BCUT2D eigenvalue weighted by Gasteiger charge is 2.31. The van der Waals surface area contributed by atoms with E-state index in [0.717, 1.165) is 57.5 Å². The van der Waals surface area contributed by atoms with Crippen molar-refractivity contribution in [3.8, 4) is 6.07 Å². The van der Waals surface area contributed by atoms with Gasteiger partial charge in [-0.3, -0.25) is 4.79 Å². The number of nitriles is 1. The summed E-state index contributed by atoms with van der Waals surface area (Å²) in [7, 11) is 3.28. The number of fused-ring (bicyclic) bond motifs is 1. The number of carbonyl (C=O) groups excluding carboxylic acids is 1. The fourth-order valence-corrected chi connectivity index (χ4v) is 5.03. The van der Waals surface area contributed by atoms with Gasteiger partial charge in [0.2, 0.25) is 5.95 Å². The monoisotopic (exact) mass is 461 g/mol. The third-order valence-corrected chi connectivity index (χ3v) is 6.89. The molecule has 9 heteroatoms. The number of benzene rings is 1. The summed E-state index contributed by atoms with van der Waals surface area (Å²) in [6.45, 7) is 3.02. The molecule has 2 fully saturated rings. The Morgan fingerprint density at radius 3 is 2.35 bits per heavy atom. The molecule has 8 nitrogen and oxygen atoms in total. The molecule has 34 heavy (non-hydrogen) atoms. The number of rotatable bonds is 4. The molecule has 0 radical (unpaired) electrons. The first kappa shape index (κ1) is 22.1. The Kier molecular flexibility index (Phi) is 5.82. The summed E-state index contributed by atoms with van der Waals surface area (Å²) >= 11 is 0. The van der Waals surface area contributed by atoms with E-state index in [4.69, 9.17) is 10.2 Å². The summed E-state index contributed by atoms with van der Waals surface area (Å²) in [5.41, 5.74) is 2.32. The van der Waals surface area contributed by atoms with Gasteiger partial charge in [-0.25, -0.2) is 9.37 Å². The molecule has 1 saturated carbocycles. The van der Waals surface area contributed by atoms with Crippen molar-refractivity contribution in [2.24, 2.45) is 0 Å². The van der Waals surface area contributed by atoms with Crippen LogP contribution in [0.5, 0.6) is 0 Å². The first-order valence-electron chi connectivity index (χ1n) is 11.8. The molecule has 3 aromatic rings. The molecule has 0 atom stereocenters. The topological polar surface area (TPSA) is 81.3 Å². The molecule has 5 rings (SSSR count). The van der Waals surface area contributed by atoms with Crippen LogP contribution in [0.1, 0.15) is 47.8 Å². The van der Waals surface area contributed by atoms with Crippen molar-refractivity contribution in [1.82, 2.24) is 19.4 Å². The molecular weight excluding hydrogens is 433 g/mol. The maximum atomic E-state index is 15.4. The van der Waals surface area contributed by atoms with Crippen LogP contribution in [0.25, 0.3) is 11.0 Å². The van der Waals surface area contributed by atoms with Crippen LogP contribution < -0.4 is 9.80 Å². The van der Waals surface area contributed by atoms with Crippen molar-refractivity contribution in [3.63, 3.8) is 0 Å². The Bertz CT molecular complexity index is 1250. The molecular formula is C25H28FN7O. The van der Waals surface area contributed by atoms with Crippen LogP contribution >= 0.6 is 0 Å². The standard InChI is InChI=1S/C25H28FN7O/c1-30(2)24(34)22-21(26)20-16-28-25(29-23(20)33(22)19-5-3-4-6-19)32-13-11-31(12-14-32)18-9-7-17(15-27)8-10-18/h7-10,16,19H,3-6,11-14H2,1-2H3. The number of anilines is 2. The predicted molar refractivity (Wildman–Crippen MR) is 129 cm³/mol. The third-order valence-electron chi connectivity index (χ3n) is 6.89. The zero-order chi connectivity index (χ0) is 23.8. The molecule has 0 unspecified atom stereocenters. The molecule has 0 bridgehead atoms. The van der Waals surface area contributed by atoms with Gasteiger partial charge < -0.3 is 19.3 Å². The Morgan fingerprint density at radius 1 is 1.09 bits per heavy atom. The molecule has 1 amide bonds. The molecule has 0 spiro atoms. The van der Waals surface area contributed by atoms with Crippen molar-refractivity contribution in [1.29, 1.82) is 5.26 Å². The number of aromatic nitrogens is 3. The van der Waals surface area contributed by atoms with Gasteiger partial charge in [-0.05, 0) is 37.1 Å². The average Bonchev–Trinajstić information content (AvgIpc) is 3.49. The van der Waals surface area contributed by atoms with E-state index >= 15 is 4.39 Å². The first-order valence-corrected chi connectivity index (χ1v) is 11.8. The minimum Gasteiger partial charge on any atom is -0.368 e. The van der Waals surface area contributed by atoms with Crippen molar-refractivity contribution in [2.75, 3.05) is 50.1 Å². The van der Waals surface area contributed by atoms with Crippen LogP contribution in [-0.2, 0) is 0 Å². The van der Waals surface area contributed by atoms with Gasteiger partial charge in [0.25, 0.3) is 5.91 Å². The number of carbonyl (C=O) groups is 1. The second-order valence-corrected chi connectivity index (χ2v) is 9.21. The van der Waals surface area contributed by atoms with Crippen molar-refractivity contribution < 1.29 is 9.18 Å².